The largest absolute Gasteiger partial charge is 0.482 e. The van der Waals surface area contributed by atoms with Crippen LogP contribution in [0.1, 0.15) is 30.2 Å². The van der Waals surface area contributed by atoms with Crippen LogP contribution in [0.25, 0.3) is 0 Å². The van der Waals surface area contributed by atoms with Gasteiger partial charge in [0.2, 0.25) is 0 Å². The number of rotatable bonds is 5. The number of aliphatic hydroxyl groups is 1. The van der Waals surface area contributed by atoms with E-state index < -0.39 is 6.10 Å². The van der Waals surface area contributed by atoms with Gasteiger partial charge in [-0.3, -0.25) is 4.79 Å². The van der Waals surface area contributed by atoms with Crippen molar-refractivity contribution in [3.8, 4) is 5.75 Å². The summed E-state index contributed by atoms with van der Waals surface area (Å²) in [6.07, 6.45) is -0.646. The van der Waals surface area contributed by atoms with Crippen LogP contribution in [0, 0.1) is 0 Å². The molecule has 0 radical (unpaired) electrons. The van der Waals surface area contributed by atoms with Crippen molar-refractivity contribution in [1.29, 1.82) is 0 Å². The number of ether oxygens (including phenoxy) is 1. The first-order chi connectivity index (χ1) is 11.5. The van der Waals surface area contributed by atoms with Crippen LogP contribution >= 0.6 is 11.6 Å². The first-order valence-electron chi connectivity index (χ1n) is 7.76. The van der Waals surface area contributed by atoms with Gasteiger partial charge in [0, 0.05) is 17.6 Å². The van der Waals surface area contributed by atoms with E-state index in [0.717, 1.165) is 11.1 Å². The van der Waals surface area contributed by atoms with Gasteiger partial charge in [0.25, 0.3) is 5.91 Å². The molecule has 2 unspecified atom stereocenters. The smallest absolute Gasteiger partial charge is 0.262 e. The van der Waals surface area contributed by atoms with Gasteiger partial charge in [0.05, 0.1) is 11.8 Å². The normalized spacial score (nSPS) is 15.9. The molecule has 2 atom stereocenters. The van der Waals surface area contributed by atoms with Crippen molar-refractivity contribution in [2.24, 2.45) is 0 Å². The summed E-state index contributed by atoms with van der Waals surface area (Å²) in [5.41, 5.74) is 2.44. The summed E-state index contributed by atoms with van der Waals surface area (Å²) < 4.78 is 5.35. The molecule has 1 amide bonds. The maximum absolute atomic E-state index is 11.4. The molecule has 0 aromatic heterocycles. The zero-order valence-electron chi connectivity index (χ0n) is 13.3. The number of carbonyl (C=O) groups is 1. The van der Waals surface area contributed by atoms with E-state index in [-0.39, 0.29) is 18.6 Å². The maximum atomic E-state index is 11.4. The van der Waals surface area contributed by atoms with Crippen molar-refractivity contribution < 1.29 is 14.6 Å². The molecule has 24 heavy (non-hydrogen) atoms. The maximum Gasteiger partial charge on any atom is 0.262 e. The van der Waals surface area contributed by atoms with Gasteiger partial charge in [0.1, 0.15) is 5.75 Å². The van der Waals surface area contributed by atoms with Crippen molar-refractivity contribution in [1.82, 2.24) is 5.32 Å². The average molecular weight is 347 g/mol. The molecular weight excluding hydrogens is 328 g/mol. The average Bonchev–Trinajstić information content (AvgIpc) is 2.58. The summed E-state index contributed by atoms with van der Waals surface area (Å²) in [6, 6.07) is 12.9. The molecule has 2 aromatic carbocycles. The molecule has 1 heterocycles. The van der Waals surface area contributed by atoms with Crippen molar-refractivity contribution in [3.05, 3.63) is 58.6 Å². The summed E-state index contributed by atoms with van der Waals surface area (Å²) >= 11 is 5.95. The molecule has 0 spiro atoms. The molecule has 6 heteroatoms. The minimum absolute atomic E-state index is 0.00274. The van der Waals surface area contributed by atoms with Crippen molar-refractivity contribution in [2.75, 3.05) is 18.5 Å². The van der Waals surface area contributed by atoms with Gasteiger partial charge in [-0.25, -0.2) is 0 Å². The monoisotopic (exact) mass is 346 g/mol. The van der Waals surface area contributed by atoms with Crippen LogP contribution in [-0.2, 0) is 4.79 Å². The first kappa shape index (κ1) is 16.8. The minimum Gasteiger partial charge on any atom is -0.482 e. The van der Waals surface area contributed by atoms with Crippen molar-refractivity contribution >= 4 is 23.2 Å². The molecule has 126 valence electrons. The topological polar surface area (TPSA) is 70.6 Å². The number of hydrogen-bond donors (Lipinski definition) is 3. The minimum atomic E-state index is -0.646. The van der Waals surface area contributed by atoms with Crippen LogP contribution in [0.4, 0.5) is 5.69 Å². The third-order valence-corrected chi connectivity index (χ3v) is 4.22. The Labute approximate surface area is 145 Å². The Morgan fingerprint density at radius 2 is 2.12 bits per heavy atom. The fraction of sp³-hybridized carbons (Fsp3) is 0.278. The van der Waals surface area contributed by atoms with Gasteiger partial charge >= 0.3 is 0 Å². The lowest BCUT2D eigenvalue weighted by Crippen LogP contribution is -2.27. The number of nitrogens with one attached hydrogen (secondary N) is 2. The third-order valence-electron chi connectivity index (χ3n) is 3.99. The van der Waals surface area contributed by atoms with E-state index in [1.165, 1.54) is 0 Å². The number of amides is 1. The van der Waals surface area contributed by atoms with Crippen LogP contribution in [-0.4, -0.2) is 24.2 Å². The van der Waals surface area contributed by atoms with E-state index in [9.17, 15) is 9.90 Å². The molecule has 1 aliphatic heterocycles. The Hall–Kier alpha value is -2.08. The highest BCUT2D eigenvalue weighted by molar-refractivity contribution is 6.30. The zero-order valence-corrected chi connectivity index (χ0v) is 14.0. The number of carbonyl (C=O) groups excluding carboxylic acids is 1. The number of fused-ring (bicyclic) bond motifs is 1. The van der Waals surface area contributed by atoms with E-state index >= 15 is 0 Å². The lowest BCUT2D eigenvalue weighted by atomic mass is 10.1. The van der Waals surface area contributed by atoms with Crippen molar-refractivity contribution in [2.45, 2.75) is 19.1 Å². The Morgan fingerprint density at radius 1 is 1.29 bits per heavy atom. The molecule has 1 aliphatic rings. The third kappa shape index (κ3) is 3.87. The van der Waals surface area contributed by atoms with Crippen LogP contribution in [0.3, 0.4) is 0 Å². The highest BCUT2D eigenvalue weighted by Gasteiger charge is 2.18. The van der Waals surface area contributed by atoms with Gasteiger partial charge in [-0.1, -0.05) is 29.8 Å². The molecule has 2 aromatic rings. The second-order valence-corrected chi connectivity index (χ2v) is 6.23. The van der Waals surface area contributed by atoms with E-state index in [4.69, 9.17) is 16.3 Å². The predicted molar refractivity (Wildman–Crippen MR) is 93.4 cm³/mol. The lowest BCUT2D eigenvalue weighted by Gasteiger charge is -2.22. The second kappa shape index (κ2) is 7.21. The summed E-state index contributed by atoms with van der Waals surface area (Å²) in [4.78, 5) is 11.4. The lowest BCUT2D eigenvalue weighted by molar-refractivity contribution is -0.118. The quantitative estimate of drug-likeness (QED) is 0.778. The molecule has 5 nitrogen and oxygen atoms in total. The summed E-state index contributed by atoms with van der Waals surface area (Å²) in [5.74, 6) is 0.515. The standard InChI is InChI=1S/C18H19ClN2O3/c1-11(20-9-16(22)13-3-2-4-14(19)7-13)12-5-6-17-15(8-12)21-18(23)10-24-17/h2-8,11,16,20,22H,9-10H2,1H3,(H,21,23). The number of halogens is 1. The van der Waals surface area contributed by atoms with E-state index in [1.807, 2.05) is 37.3 Å². The van der Waals surface area contributed by atoms with E-state index in [1.54, 1.807) is 12.1 Å². The Balaban J connectivity index is 1.64. The molecule has 0 saturated carbocycles. The first-order valence-corrected chi connectivity index (χ1v) is 8.14. The van der Waals surface area contributed by atoms with Gasteiger partial charge in [0.15, 0.2) is 6.61 Å². The highest BCUT2D eigenvalue weighted by Crippen LogP contribution is 2.30. The van der Waals surface area contributed by atoms with Gasteiger partial charge in [-0.15, -0.1) is 0 Å². The summed E-state index contributed by atoms with van der Waals surface area (Å²) in [6.45, 7) is 2.44. The van der Waals surface area contributed by atoms with Gasteiger partial charge < -0.3 is 20.5 Å². The summed E-state index contributed by atoms with van der Waals surface area (Å²) in [7, 11) is 0. The van der Waals surface area contributed by atoms with E-state index in [0.29, 0.717) is 23.0 Å². The van der Waals surface area contributed by atoms with Crippen LogP contribution in [0.15, 0.2) is 42.5 Å². The SMILES string of the molecule is CC(NCC(O)c1cccc(Cl)c1)c1ccc2c(c1)NC(=O)CO2. The molecule has 0 aliphatic carbocycles. The molecule has 0 fully saturated rings. The Morgan fingerprint density at radius 3 is 2.92 bits per heavy atom. The second-order valence-electron chi connectivity index (χ2n) is 5.79. The van der Waals surface area contributed by atoms with Crippen LogP contribution in [0.2, 0.25) is 5.02 Å². The molecule has 3 N–H and O–H groups in total. The number of aliphatic hydroxyl groups excluding tert-OH is 1. The van der Waals surface area contributed by atoms with E-state index in [2.05, 4.69) is 10.6 Å². The van der Waals surface area contributed by atoms with Gasteiger partial charge in [-0.05, 0) is 42.3 Å². The Kier molecular flexibility index (Phi) is 5.04. The molecule has 3 rings (SSSR count). The number of hydrogen-bond acceptors (Lipinski definition) is 4. The Bertz CT molecular complexity index is 751. The fourth-order valence-electron chi connectivity index (χ4n) is 2.61. The molecule has 0 saturated heterocycles. The highest BCUT2D eigenvalue weighted by atomic mass is 35.5. The molecule has 0 bridgehead atoms. The predicted octanol–water partition coefficient (Wildman–Crippen LogP) is 3.06. The summed E-state index contributed by atoms with van der Waals surface area (Å²) in [5, 5.41) is 17.0. The van der Waals surface area contributed by atoms with Crippen molar-refractivity contribution in [3.63, 3.8) is 0 Å². The molecular formula is C18H19ClN2O3. The zero-order chi connectivity index (χ0) is 17.1. The van der Waals surface area contributed by atoms with Crippen LogP contribution < -0.4 is 15.4 Å². The number of anilines is 1. The van der Waals surface area contributed by atoms with Crippen LogP contribution in [0.5, 0.6) is 5.75 Å². The number of benzene rings is 2. The van der Waals surface area contributed by atoms with Gasteiger partial charge in [-0.2, -0.15) is 0 Å². The fourth-order valence-corrected chi connectivity index (χ4v) is 2.81.